The molecule has 1 aromatic heterocycles. The van der Waals surface area contributed by atoms with Gasteiger partial charge in [0.15, 0.2) is 6.29 Å². The van der Waals surface area contributed by atoms with Crippen LogP contribution in [0.1, 0.15) is 28.4 Å². The summed E-state index contributed by atoms with van der Waals surface area (Å²) in [4.78, 5) is 14.4. The Morgan fingerprint density at radius 1 is 1.58 bits per heavy atom. The highest BCUT2D eigenvalue weighted by Gasteiger charge is 2.18. The van der Waals surface area contributed by atoms with E-state index in [2.05, 4.69) is 10.3 Å². The monoisotopic (exact) mass is 162 g/mol. The molecule has 1 fully saturated rings. The van der Waals surface area contributed by atoms with Gasteiger partial charge in [0.2, 0.25) is 0 Å². The highest BCUT2D eigenvalue weighted by molar-refractivity contribution is 5.74. The molecule has 0 saturated carbocycles. The molecule has 0 aromatic carbocycles. The number of rotatable bonds is 2. The molecule has 0 spiro atoms. The average molecular weight is 162 g/mol. The Balaban J connectivity index is 2.25. The maximum atomic E-state index is 10.4. The minimum absolute atomic E-state index is 0.414. The van der Waals surface area contributed by atoms with E-state index in [1.807, 2.05) is 12.3 Å². The predicted octanol–water partition coefficient (Wildman–Crippen LogP) is 0.929. The summed E-state index contributed by atoms with van der Waals surface area (Å²) >= 11 is 0. The second kappa shape index (κ2) is 3.03. The quantitative estimate of drug-likeness (QED) is 0.658. The summed E-state index contributed by atoms with van der Waals surface area (Å²) in [7, 11) is 0. The maximum absolute atomic E-state index is 10.4. The fourth-order valence-electron chi connectivity index (χ4n) is 1.30. The van der Waals surface area contributed by atoms with Crippen molar-refractivity contribution in [3.63, 3.8) is 0 Å². The van der Waals surface area contributed by atoms with Gasteiger partial charge in [0.05, 0.1) is 0 Å². The van der Waals surface area contributed by atoms with Crippen LogP contribution in [0.4, 0.5) is 0 Å². The third kappa shape index (κ3) is 1.23. The van der Waals surface area contributed by atoms with E-state index in [0.29, 0.717) is 11.6 Å². The van der Waals surface area contributed by atoms with Crippen LogP contribution in [0.15, 0.2) is 18.5 Å². The van der Waals surface area contributed by atoms with Gasteiger partial charge in [-0.1, -0.05) is 0 Å². The number of nitrogens with one attached hydrogen (secondary N) is 1. The van der Waals surface area contributed by atoms with Crippen molar-refractivity contribution in [1.82, 2.24) is 10.3 Å². The molecule has 12 heavy (non-hydrogen) atoms. The van der Waals surface area contributed by atoms with Gasteiger partial charge in [0.1, 0.15) is 0 Å². The molecule has 2 rings (SSSR count). The third-order valence-corrected chi connectivity index (χ3v) is 2.14. The lowest BCUT2D eigenvalue weighted by molar-refractivity contribution is 0.112. The fourth-order valence-corrected chi connectivity index (χ4v) is 1.30. The molecule has 3 nitrogen and oxygen atoms in total. The number of aldehydes is 1. The molecule has 0 unspecified atom stereocenters. The lowest BCUT2D eigenvalue weighted by Gasteiger charge is -2.27. The SMILES string of the molecule is O=Cc1cncc([C@@H]2CCN2)c1. The van der Waals surface area contributed by atoms with E-state index in [1.54, 1.807) is 6.20 Å². The first-order valence-corrected chi connectivity index (χ1v) is 4.03. The maximum Gasteiger partial charge on any atom is 0.151 e. The highest BCUT2D eigenvalue weighted by atomic mass is 16.1. The van der Waals surface area contributed by atoms with Gasteiger partial charge in [-0.05, 0) is 24.6 Å². The summed E-state index contributed by atoms with van der Waals surface area (Å²) < 4.78 is 0. The van der Waals surface area contributed by atoms with E-state index in [1.165, 1.54) is 0 Å². The van der Waals surface area contributed by atoms with Crippen molar-refractivity contribution in [3.8, 4) is 0 Å². The highest BCUT2D eigenvalue weighted by Crippen LogP contribution is 2.21. The Hall–Kier alpha value is -1.22. The molecule has 2 heterocycles. The Kier molecular flexibility index (Phi) is 1.87. The van der Waals surface area contributed by atoms with E-state index in [4.69, 9.17) is 0 Å². The molecule has 1 aromatic rings. The summed E-state index contributed by atoms with van der Waals surface area (Å²) in [6, 6.07) is 2.30. The van der Waals surface area contributed by atoms with Crippen LogP contribution in [0.25, 0.3) is 0 Å². The first-order chi connectivity index (χ1) is 5.90. The van der Waals surface area contributed by atoms with Gasteiger partial charge in [0.25, 0.3) is 0 Å². The summed E-state index contributed by atoms with van der Waals surface area (Å²) in [6.45, 7) is 1.07. The van der Waals surface area contributed by atoms with Crippen molar-refractivity contribution in [2.45, 2.75) is 12.5 Å². The van der Waals surface area contributed by atoms with Gasteiger partial charge in [-0.25, -0.2) is 0 Å². The van der Waals surface area contributed by atoms with Crippen LogP contribution in [0.3, 0.4) is 0 Å². The largest absolute Gasteiger partial charge is 0.310 e. The molecule has 1 aliphatic rings. The number of hydrogen-bond donors (Lipinski definition) is 1. The van der Waals surface area contributed by atoms with Crippen molar-refractivity contribution in [2.24, 2.45) is 0 Å². The van der Waals surface area contributed by atoms with Crippen LogP contribution in [-0.2, 0) is 0 Å². The minimum Gasteiger partial charge on any atom is -0.310 e. The van der Waals surface area contributed by atoms with Gasteiger partial charge in [-0.2, -0.15) is 0 Å². The van der Waals surface area contributed by atoms with Crippen molar-refractivity contribution in [1.29, 1.82) is 0 Å². The molecule has 1 aliphatic heterocycles. The number of hydrogen-bond acceptors (Lipinski definition) is 3. The standard InChI is InChI=1S/C9H10N2O/c12-6-7-3-8(5-10-4-7)9-1-2-11-9/h3-6,9,11H,1-2H2/t9-/m0/s1. The third-order valence-electron chi connectivity index (χ3n) is 2.14. The number of nitrogens with zero attached hydrogens (tertiary/aromatic N) is 1. The van der Waals surface area contributed by atoms with Crippen LogP contribution in [0.2, 0.25) is 0 Å². The van der Waals surface area contributed by atoms with Gasteiger partial charge in [-0.3, -0.25) is 9.78 Å². The van der Waals surface area contributed by atoms with Crippen molar-refractivity contribution in [2.75, 3.05) is 6.54 Å². The zero-order valence-electron chi connectivity index (χ0n) is 6.66. The summed E-state index contributed by atoms with van der Waals surface area (Å²) in [5.74, 6) is 0. The molecular weight excluding hydrogens is 152 g/mol. The van der Waals surface area contributed by atoms with E-state index in [9.17, 15) is 4.79 Å². The Labute approximate surface area is 70.8 Å². The van der Waals surface area contributed by atoms with Crippen LogP contribution in [0.5, 0.6) is 0 Å². The first-order valence-electron chi connectivity index (χ1n) is 4.03. The summed E-state index contributed by atoms with van der Waals surface area (Å²) in [6.07, 6.45) is 5.36. The topological polar surface area (TPSA) is 42.0 Å². The second-order valence-corrected chi connectivity index (χ2v) is 2.96. The molecular formula is C9H10N2O. The molecule has 62 valence electrons. The van der Waals surface area contributed by atoms with Crippen molar-refractivity contribution in [3.05, 3.63) is 29.6 Å². The second-order valence-electron chi connectivity index (χ2n) is 2.96. The fraction of sp³-hybridized carbons (Fsp3) is 0.333. The van der Waals surface area contributed by atoms with Crippen LogP contribution < -0.4 is 5.32 Å². The molecule has 0 bridgehead atoms. The smallest absolute Gasteiger partial charge is 0.151 e. The Bertz CT molecular complexity index is 294. The molecule has 0 amide bonds. The van der Waals surface area contributed by atoms with E-state index in [-0.39, 0.29) is 0 Å². The van der Waals surface area contributed by atoms with E-state index in [0.717, 1.165) is 24.8 Å². The molecule has 3 heteroatoms. The Morgan fingerprint density at radius 2 is 2.42 bits per heavy atom. The van der Waals surface area contributed by atoms with Crippen molar-refractivity contribution >= 4 is 6.29 Å². The predicted molar refractivity (Wildman–Crippen MR) is 45.0 cm³/mol. The number of pyridine rings is 1. The van der Waals surface area contributed by atoms with Gasteiger partial charge < -0.3 is 5.32 Å². The van der Waals surface area contributed by atoms with Gasteiger partial charge in [-0.15, -0.1) is 0 Å². The molecule has 0 radical (unpaired) electrons. The van der Waals surface area contributed by atoms with Gasteiger partial charge >= 0.3 is 0 Å². The van der Waals surface area contributed by atoms with Crippen LogP contribution in [0, 0.1) is 0 Å². The molecule has 0 aliphatic carbocycles. The van der Waals surface area contributed by atoms with Crippen LogP contribution in [-0.4, -0.2) is 17.8 Å². The zero-order valence-corrected chi connectivity index (χ0v) is 6.66. The zero-order chi connectivity index (χ0) is 8.39. The number of carbonyl (C=O) groups excluding carboxylic acids is 1. The number of aromatic nitrogens is 1. The lowest BCUT2D eigenvalue weighted by atomic mass is 9.99. The van der Waals surface area contributed by atoms with Crippen molar-refractivity contribution < 1.29 is 4.79 Å². The van der Waals surface area contributed by atoms with Crippen LogP contribution >= 0.6 is 0 Å². The van der Waals surface area contributed by atoms with E-state index < -0.39 is 0 Å². The normalized spacial score (nSPS) is 21.5. The first kappa shape index (κ1) is 7.43. The summed E-state index contributed by atoms with van der Waals surface area (Å²) in [5.41, 5.74) is 1.77. The lowest BCUT2D eigenvalue weighted by Crippen LogP contribution is -2.35. The van der Waals surface area contributed by atoms with E-state index >= 15 is 0 Å². The summed E-state index contributed by atoms with van der Waals surface area (Å²) in [5, 5.41) is 3.26. The molecule has 1 atom stereocenters. The number of carbonyl (C=O) groups is 1. The molecule has 1 N–H and O–H groups in total. The Morgan fingerprint density at radius 3 is 3.00 bits per heavy atom. The average Bonchev–Trinajstić information content (AvgIpc) is 2.02. The van der Waals surface area contributed by atoms with Gasteiger partial charge in [0, 0.05) is 24.0 Å². The molecule has 1 saturated heterocycles. The minimum atomic E-state index is 0.414.